The first kappa shape index (κ1) is 12.2. The molecule has 2 rings (SSSR count). The Labute approximate surface area is 106 Å². The number of hydrazine groups is 1. The molecular formula is C10H11BrFN5. The molecule has 0 aliphatic rings. The summed E-state index contributed by atoms with van der Waals surface area (Å²) in [6.45, 7) is 0. The number of aromatic nitrogens is 3. The summed E-state index contributed by atoms with van der Waals surface area (Å²) in [5.74, 6) is 5.83. The molecule has 1 atom stereocenters. The second-order valence-corrected chi connectivity index (χ2v) is 4.38. The van der Waals surface area contributed by atoms with Gasteiger partial charge in [0.15, 0.2) is 0 Å². The number of nitrogens with one attached hydrogen (secondary N) is 2. The lowest BCUT2D eigenvalue weighted by Crippen LogP contribution is -2.30. The van der Waals surface area contributed by atoms with Crippen LogP contribution in [0.5, 0.6) is 0 Å². The van der Waals surface area contributed by atoms with E-state index in [1.807, 2.05) is 0 Å². The van der Waals surface area contributed by atoms with E-state index in [0.717, 1.165) is 5.56 Å². The maximum Gasteiger partial charge on any atom is 0.143 e. The van der Waals surface area contributed by atoms with E-state index in [2.05, 4.69) is 36.5 Å². The minimum absolute atomic E-state index is 0.195. The molecular weight excluding hydrogens is 289 g/mol. The highest BCUT2D eigenvalue weighted by Crippen LogP contribution is 2.22. The SMILES string of the molecule is NNC(Cc1ccc(F)cc1Br)c1ncn[nH]1. The van der Waals surface area contributed by atoms with E-state index >= 15 is 0 Å². The normalized spacial score (nSPS) is 12.6. The zero-order valence-electron chi connectivity index (χ0n) is 8.82. The van der Waals surface area contributed by atoms with Crippen LogP contribution in [0.25, 0.3) is 0 Å². The van der Waals surface area contributed by atoms with Gasteiger partial charge in [-0.15, -0.1) is 0 Å². The topological polar surface area (TPSA) is 79.6 Å². The van der Waals surface area contributed by atoms with Crippen LogP contribution in [0.15, 0.2) is 29.0 Å². The molecule has 1 unspecified atom stereocenters. The highest BCUT2D eigenvalue weighted by atomic mass is 79.9. The van der Waals surface area contributed by atoms with Gasteiger partial charge in [0.2, 0.25) is 0 Å². The number of benzene rings is 1. The lowest BCUT2D eigenvalue weighted by Gasteiger charge is -2.13. The number of hydrogen-bond donors (Lipinski definition) is 3. The summed E-state index contributed by atoms with van der Waals surface area (Å²) in [5, 5.41) is 6.51. The van der Waals surface area contributed by atoms with Crippen LogP contribution < -0.4 is 11.3 Å². The summed E-state index contributed by atoms with van der Waals surface area (Å²) in [4.78, 5) is 4.03. The van der Waals surface area contributed by atoms with Gasteiger partial charge >= 0.3 is 0 Å². The van der Waals surface area contributed by atoms with Gasteiger partial charge in [-0.2, -0.15) is 5.10 Å². The van der Waals surface area contributed by atoms with Gasteiger partial charge in [-0.25, -0.2) is 14.8 Å². The molecule has 7 heteroatoms. The fourth-order valence-electron chi connectivity index (χ4n) is 1.52. The number of nitrogens with zero attached hydrogens (tertiary/aromatic N) is 2. The molecule has 4 N–H and O–H groups in total. The van der Waals surface area contributed by atoms with E-state index in [1.54, 1.807) is 6.07 Å². The Kier molecular flexibility index (Phi) is 3.82. The largest absolute Gasteiger partial charge is 0.271 e. The average Bonchev–Trinajstić information content (AvgIpc) is 2.81. The molecule has 0 saturated heterocycles. The predicted octanol–water partition coefficient (Wildman–Crippen LogP) is 1.45. The third kappa shape index (κ3) is 2.87. The molecule has 1 aromatic heterocycles. The number of nitrogens with two attached hydrogens (primary N) is 1. The lowest BCUT2D eigenvalue weighted by molar-refractivity contribution is 0.523. The fraction of sp³-hybridized carbons (Fsp3) is 0.200. The van der Waals surface area contributed by atoms with Gasteiger partial charge < -0.3 is 0 Å². The van der Waals surface area contributed by atoms with Crippen molar-refractivity contribution in [3.63, 3.8) is 0 Å². The van der Waals surface area contributed by atoms with Crippen LogP contribution in [0.3, 0.4) is 0 Å². The van der Waals surface area contributed by atoms with Crippen LogP contribution in [0.2, 0.25) is 0 Å². The van der Waals surface area contributed by atoms with Gasteiger partial charge in [0.1, 0.15) is 18.0 Å². The van der Waals surface area contributed by atoms with Crippen molar-refractivity contribution in [2.75, 3.05) is 0 Å². The Hall–Kier alpha value is -1.31. The molecule has 0 amide bonds. The molecule has 0 spiro atoms. The number of H-pyrrole nitrogens is 1. The molecule has 0 saturated carbocycles. The molecule has 2 aromatic rings. The Morgan fingerprint density at radius 2 is 2.35 bits per heavy atom. The Balaban J connectivity index is 2.19. The second-order valence-electron chi connectivity index (χ2n) is 3.53. The number of rotatable bonds is 4. The van der Waals surface area contributed by atoms with Gasteiger partial charge in [0.05, 0.1) is 6.04 Å². The van der Waals surface area contributed by atoms with E-state index in [-0.39, 0.29) is 11.9 Å². The third-order valence-corrected chi connectivity index (χ3v) is 3.14. The van der Waals surface area contributed by atoms with Crippen molar-refractivity contribution in [2.24, 2.45) is 5.84 Å². The number of aromatic amines is 1. The van der Waals surface area contributed by atoms with Crippen molar-refractivity contribution in [3.8, 4) is 0 Å². The smallest absolute Gasteiger partial charge is 0.143 e. The number of hydrogen-bond acceptors (Lipinski definition) is 4. The van der Waals surface area contributed by atoms with E-state index in [1.165, 1.54) is 18.5 Å². The minimum Gasteiger partial charge on any atom is -0.271 e. The Morgan fingerprint density at radius 3 is 2.94 bits per heavy atom. The molecule has 1 heterocycles. The van der Waals surface area contributed by atoms with Crippen LogP contribution >= 0.6 is 15.9 Å². The van der Waals surface area contributed by atoms with Crippen molar-refractivity contribution in [1.29, 1.82) is 0 Å². The first-order valence-electron chi connectivity index (χ1n) is 4.96. The zero-order chi connectivity index (χ0) is 12.3. The quantitative estimate of drug-likeness (QED) is 0.590. The van der Waals surface area contributed by atoms with Crippen molar-refractivity contribution in [3.05, 3.63) is 46.2 Å². The van der Waals surface area contributed by atoms with Crippen LogP contribution in [-0.2, 0) is 6.42 Å². The minimum atomic E-state index is -0.280. The molecule has 90 valence electrons. The molecule has 5 nitrogen and oxygen atoms in total. The van der Waals surface area contributed by atoms with E-state index in [9.17, 15) is 4.39 Å². The lowest BCUT2D eigenvalue weighted by atomic mass is 10.1. The molecule has 0 bridgehead atoms. The highest BCUT2D eigenvalue weighted by Gasteiger charge is 2.15. The second kappa shape index (κ2) is 5.35. The zero-order valence-corrected chi connectivity index (χ0v) is 10.4. The average molecular weight is 300 g/mol. The Bertz CT molecular complexity index is 487. The van der Waals surface area contributed by atoms with Crippen LogP contribution in [0.4, 0.5) is 4.39 Å². The van der Waals surface area contributed by atoms with Crippen LogP contribution in [0, 0.1) is 5.82 Å². The van der Waals surface area contributed by atoms with Crippen LogP contribution in [0.1, 0.15) is 17.4 Å². The predicted molar refractivity (Wildman–Crippen MR) is 64.3 cm³/mol. The van der Waals surface area contributed by atoms with Crippen molar-refractivity contribution in [2.45, 2.75) is 12.5 Å². The summed E-state index contributed by atoms with van der Waals surface area (Å²) in [6, 6.07) is 4.34. The summed E-state index contributed by atoms with van der Waals surface area (Å²) in [5.41, 5.74) is 3.58. The molecule has 0 aliphatic heterocycles. The van der Waals surface area contributed by atoms with Crippen molar-refractivity contribution in [1.82, 2.24) is 20.6 Å². The maximum atomic E-state index is 12.9. The van der Waals surface area contributed by atoms with Crippen molar-refractivity contribution < 1.29 is 4.39 Å². The first-order valence-corrected chi connectivity index (χ1v) is 5.75. The molecule has 0 aliphatic carbocycles. The van der Waals surface area contributed by atoms with Gasteiger partial charge in [-0.3, -0.25) is 10.9 Å². The summed E-state index contributed by atoms with van der Waals surface area (Å²) < 4.78 is 13.6. The summed E-state index contributed by atoms with van der Waals surface area (Å²) >= 11 is 3.31. The fourth-order valence-corrected chi connectivity index (χ4v) is 2.04. The third-order valence-electron chi connectivity index (χ3n) is 2.40. The van der Waals surface area contributed by atoms with Gasteiger partial charge in [-0.1, -0.05) is 22.0 Å². The standard InChI is InChI=1S/C10H11BrFN5/c11-8-4-7(12)2-1-6(8)3-9(16-13)10-14-5-15-17-10/h1-2,4-5,9,16H,3,13H2,(H,14,15,17). The van der Waals surface area contributed by atoms with E-state index in [4.69, 9.17) is 5.84 Å². The first-order chi connectivity index (χ1) is 8.20. The number of halogens is 2. The summed E-state index contributed by atoms with van der Waals surface area (Å²) in [7, 11) is 0. The van der Waals surface area contributed by atoms with Gasteiger partial charge in [-0.05, 0) is 24.1 Å². The van der Waals surface area contributed by atoms with E-state index in [0.29, 0.717) is 16.7 Å². The van der Waals surface area contributed by atoms with Crippen molar-refractivity contribution >= 4 is 15.9 Å². The maximum absolute atomic E-state index is 12.9. The van der Waals surface area contributed by atoms with Gasteiger partial charge in [0, 0.05) is 4.47 Å². The summed E-state index contributed by atoms with van der Waals surface area (Å²) in [6.07, 6.45) is 1.99. The molecule has 0 fully saturated rings. The molecule has 1 aromatic carbocycles. The van der Waals surface area contributed by atoms with Gasteiger partial charge in [0.25, 0.3) is 0 Å². The monoisotopic (exact) mass is 299 g/mol. The van der Waals surface area contributed by atoms with E-state index < -0.39 is 0 Å². The molecule has 0 radical (unpaired) electrons. The highest BCUT2D eigenvalue weighted by molar-refractivity contribution is 9.10. The molecule has 17 heavy (non-hydrogen) atoms. The van der Waals surface area contributed by atoms with Crippen LogP contribution in [-0.4, -0.2) is 15.2 Å². The Morgan fingerprint density at radius 1 is 1.53 bits per heavy atom.